The van der Waals surface area contributed by atoms with Crippen LogP contribution in [0, 0.1) is 0 Å². The Bertz CT molecular complexity index is 844. The number of hydrogen-bond donors (Lipinski definition) is 3. The number of nitrogens with zero attached hydrogens (tertiary/aromatic N) is 3. The lowest BCUT2D eigenvalue weighted by Crippen LogP contribution is -2.70. The Kier molecular flexibility index (Phi) is 10.9. The normalized spacial score (nSPS) is 38.1. The van der Waals surface area contributed by atoms with E-state index in [1.54, 1.807) is 21.3 Å². The van der Waals surface area contributed by atoms with Gasteiger partial charge < -0.3 is 43.4 Å². The quantitative estimate of drug-likeness (QED) is 0.317. The second-order valence-corrected chi connectivity index (χ2v) is 17.0. The molecule has 3 saturated heterocycles. The van der Waals surface area contributed by atoms with Crippen LogP contribution < -0.4 is 0 Å². The zero-order valence-corrected chi connectivity index (χ0v) is 30.1. The predicted molar refractivity (Wildman–Crippen MR) is 164 cm³/mol. The van der Waals surface area contributed by atoms with Gasteiger partial charge >= 0.3 is 8.60 Å². The van der Waals surface area contributed by atoms with Gasteiger partial charge in [0.1, 0.15) is 18.3 Å². The Hall–Kier alpha value is -0.0500. The Labute approximate surface area is 260 Å². The van der Waals surface area contributed by atoms with Gasteiger partial charge in [-0.2, -0.15) is 15.2 Å². The molecule has 0 spiro atoms. The summed E-state index contributed by atoms with van der Waals surface area (Å²) in [6, 6.07) is 0. The molecule has 3 rings (SSSR count). The standard InChI is InChI=1S/C30H60N3O9P/c1-25(2)16-19(34)22(28(7,8)31(25)37-13)40-43(41-23-20(35)17-26(3,4)32(38-14)29(23,9)10)42-24-21(36)18-27(5,6)33(39-15)30(24,11)12/h19-24,34-36H,16-18H2,1-15H3. The van der Waals surface area contributed by atoms with Crippen LogP contribution >= 0.6 is 8.60 Å². The average Bonchev–Trinajstić information content (AvgIpc) is 2.79. The van der Waals surface area contributed by atoms with Gasteiger partial charge in [-0.3, -0.25) is 0 Å². The molecular weight excluding hydrogens is 577 g/mol. The lowest BCUT2D eigenvalue weighted by molar-refractivity contribution is -0.314. The van der Waals surface area contributed by atoms with Crippen molar-refractivity contribution in [3.8, 4) is 0 Å². The molecule has 3 aliphatic rings. The molecule has 43 heavy (non-hydrogen) atoms. The first-order valence-electron chi connectivity index (χ1n) is 15.3. The van der Waals surface area contributed by atoms with E-state index < -0.39 is 78.5 Å². The van der Waals surface area contributed by atoms with E-state index >= 15 is 0 Å². The maximum atomic E-state index is 11.5. The molecule has 0 radical (unpaired) electrons. The summed E-state index contributed by atoms with van der Waals surface area (Å²) in [6.45, 7) is 23.7. The van der Waals surface area contributed by atoms with Crippen molar-refractivity contribution in [1.29, 1.82) is 0 Å². The van der Waals surface area contributed by atoms with Gasteiger partial charge in [0.15, 0.2) is 0 Å². The molecular formula is C30H60N3O9P. The molecule has 3 N–H and O–H groups in total. The Morgan fingerprint density at radius 3 is 0.860 bits per heavy atom. The molecule has 6 atom stereocenters. The van der Waals surface area contributed by atoms with E-state index in [9.17, 15) is 15.3 Å². The van der Waals surface area contributed by atoms with Crippen LogP contribution in [-0.2, 0) is 28.1 Å². The van der Waals surface area contributed by atoms with Crippen molar-refractivity contribution in [1.82, 2.24) is 15.2 Å². The molecule has 6 unspecified atom stereocenters. The van der Waals surface area contributed by atoms with Crippen molar-refractivity contribution >= 4 is 8.60 Å². The summed E-state index contributed by atoms with van der Waals surface area (Å²) in [4.78, 5) is 17.5. The van der Waals surface area contributed by atoms with Crippen molar-refractivity contribution in [2.24, 2.45) is 0 Å². The first-order chi connectivity index (χ1) is 19.4. The number of rotatable bonds is 9. The topological polar surface area (TPSA) is 126 Å². The molecule has 13 heteroatoms. The summed E-state index contributed by atoms with van der Waals surface area (Å²) in [6.07, 6.45) is -3.83. The molecule has 0 aliphatic carbocycles. The molecule has 12 nitrogen and oxygen atoms in total. The van der Waals surface area contributed by atoms with Gasteiger partial charge in [-0.25, -0.2) is 0 Å². The maximum absolute atomic E-state index is 11.5. The fourth-order valence-electron chi connectivity index (χ4n) is 8.60. The van der Waals surface area contributed by atoms with E-state index in [0.29, 0.717) is 19.3 Å². The number of piperidine rings is 3. The fraction of sp³-hybridized carbons (Fsp3) is 1.00. The number of aliphatic hydroxyl groups excluding tert-OH is 3. The van der Waals surface area contributed by atoms with Crippen LogP contribution in [0.4, 0.5) is 0 Å². The highest BCUT2D eigenvalue weighted by Crippen LogP contribution is 2.55. The Morgan fingerprint density at radius 1 is 0.465 bits per heavy atom. The van der Waals surface area contributed by atoms with Crippen molar-refractivity contribution < 1.29 is 43.4 Å². The molecule has 0 amide bonds. The molecule has 0 bridgehead atoms. The minimum atomic E-state index is -2.28. The van der Waals surface area contributed by atoms with Gasteiger partial charge in [-0.15, -0.1) is 0 Å². The third-order valence-corrected chi connectivity index (χ3v) is 10.8. The SMILES string of the molecule is CON1C(C)(C)CC(O)C(OP(OC2C(O)CC(C)(C)N(OC)C2(C)C)OC2C(O)CC(C)(C)N(OC)C2(C)C)C1(C)C. The minimum absolute atomic E-state index is 0.379. The van der Waals surface area contributed by atoms with E-state index in [4.69, 9.17) is 28.1 Å². The van der Waals surface area contributed by atoms with E-state index in [2.05, 4.69) is 0 Å². The van der Waals surface area contributed by atoms with E-state index in [0.717, 1.165) is 0 Å². The second kappa shape index (κ2) is 12.5. The summed E-state index contributed by atoms with van der Waals surface area (Å²) >= 11 is 0. The van der Waals surface area contributed by atoms with Crippen LogP contribution in [0.5, 0.6) is 0 Å². The number of aliphatic hydroxyl groups is 3. The highest BCUT2D eigenvalue weighted by Gasteiger charge is 2.59. The Morgan fingerprint density at radius 2 is 0.674 bits per heavy atom. The van der Waals surface area contributed by atoms with Gasteiger partial charge in [-0.1, -0.05) is 0 Å². The van der Waals surface area contributed by atoms with Crippen LogP contribution in [0.25, 0.3) is 0 Å². The number of hydroxylamine groups is 6. The van der Waals surface area contributed by atoms with Crippen LogP contribution in [0.15, 0.2) is 0 Å². The first kappa shape index (κ1) is 37.4. The lowest BCUT2D eigenvalue weighted by atomic mass is 9.78. The highest BCUT2D eigenvalue weighted by atomic mass is 31.2. The highest BCUT2D eigenvalue weighted by molar-refractivity contribution is 7.41. The molecule has 254 valence electrons. The van der Waals surface area contributed by atoms with E-state index in [1.807, 2.05) is 98.3 Å². The third kappa shape index (κ3) is 6.84. The Balaban J connectivity index is 2.05. The molecule has 0 aromatic rings. The molecule has 3 fully saturated rings. The summed E-state index contributed by atoms with van der Waals surface area (Å²) in [5, 5.41) is 39.9. The molecule has 0 saturated carbocycles. The minimum Gasteiger partial charge on any atom is -0.390 e. The molecule has 3 heterocycles. The first-order valence-corrected chi connectivity index (χ1v) is 16.4. The maximum Gasteiger partial charge on any atom is 0.333 e. The zero-order valence-electron chi connectivity index (χ0n) is 29.2. The van der Waals surface area contributed by atoms with Gasteiger partial charge in [0.05, 0.1) is 56.3 Å². The molecule has 0 aromatic heterocycles. The monoisotopic (exact) mass is 637 g/mol. The van der Waals surface area contributed by atoms with Gasteiger partial charge in [0.2, 0.25) is 0 Å². The van der Waals surface area contributed by atoms with Gasteiger partial charge in [0.25, 0.3) is 0 Å². The summed E-state index contributed by atoms with van der Waals surface area (Å²) in [5.74, 6) is 0. The van der Waals surface area contributed by atoms with Crippen LogP contribution in [0.3, 0.4) is 0 Å². The predicted octanol–water partition coefficient (Wildman–Crippen LogP) is 3.92. The third-order valence-electron chi connectivity index (χ3n) is 9.63. The fourth-order valence-corrected chi connectivity index (χ4v) is 10.5. The van der Waals surface area contributed by atoms with Crippen molar-refractivity contribution in [3.05, 3.63) is 0 Å². The van der Waals surface area contributed by atoms with Crippen molar-refractivity contribution in [2.45, 2.75) is 172 Å². The van der Waals surface area contributed by atoms with Crippen molar-refractivity contribution in [3.63, 3.8) is 0 Å². The van der Waals surface area contributed by atoms with Crippen molar-refractivity contribution in [2.75, 3.05) is 21.3 Å². The lowest BCUT2D eigenvalue weighted by Gasteiger charge is -2.58. The summed E-state index contributed by atoms with van der Waals surface area (Å²) in [7, 11) is 2.55. The second-order valence-electron chi connectivity index (χ2n) is 15.9. The summed E-state index contributed by atoms with van der Waals surface area (Å²) in [5.41, 5.74) is -3.82. The number of hydrogen-bond acceptors (Lipinski definition) is 12. The van der Waals surface area contributed by atoms with Crippen LogP contribution in [0.2, 0.25) is 0 Å². The van der Waals surface area contributed by atoms with Crippen LogP contribution in [-0.4, -0.2) is 122 Å². The molecule has 3 aliphatic heterocycles. The van der Waals surface area contributed by atoms with Gasteiger partial charge in [0, 0.05) is 16.6 Å². The largest absolute Gasteiger partial charge is 0.390 e. The van der Waals surface area contributed by atoms with Gasteiger partial charge in [-0.05, 0) is 102 Å². The molecule has 0 aromatic carbocycles. The smallest absolute Gasteiger partial charge is 0.333 e. The average molecular weight is 638 g/mol. The van der Waals surface area contributed by atoms with E-state index in [1.165, 1.54) is 0 Å². The van der Waals surface area contributed by atoms with E-state index in [-0.39, 0.29) is 0 Å². The van der Waals surface area contributed by atoms with Crippen LogP contribution in [0.1, 0.15) is 102 Å². The summed E-state index contributed by atoms with van der Waals surface area (Å²) < 4.78 is 20.0. The zero-order chi connectivity index (χ0) is 33.1.